The highest BCUT2D eigenvalue weighted by Crippen LogP contribution is 2.11. The van der Waals surface area contributed by atoms with E-state index in [0.29, 0.717) is 0 Å². The number of rotatable bonds is 5. The Hall–Kier alpha value is -1.13. The molecule has 0 radical (unpaired) electrons. The van der Waals surface area contributed by atoms with E-state index in [1.165, 1.54) is 4.88 Å². The molecule has 0 spiro atoms. The van der Waals surface area contributed by atoms with Crippen molar-refractivity contribution in [3.05, 3.63) is 40.6 Å². The van der Waals surface area contributed by atoms with Crippen molar-refractivity contribution in [1.82, 2.24) is 9.55 Å². The van der Waals surface area contributed by atoms with E-state index in [0.717, 1.165) is 25.2 Å². The van der Waals surface area contributed by atoms with Crippen LogP contribution in [0.1, 0.15) is 17.6 Å². The van der Waals surface area contributed by atoms with Gasteiger partial charge in [0.25, 0.3) is 0 Å². The lowest BCUT2D eigenvalue weighted by atomic mass is 10.2. The van der Waals surface area contributed by atoms with Crippen LogP contribution in [0.4, 0.5) is 0 Å². The van der Waals surface area contributed by atoms with Gasteiger partial charge < -0.3 is 10.3 Å². The largest absolute Gasteiger partial charge is 0.335 e. The summed E-state index contributed by atoms with van der Waals surface area (Å²) >= 11 is 1.81. The van der Waals surface area contributed by atoms with Gasteiger partial charge in [-0.2, -0.15) is 0 Å². The van der Waals surface area contributed by atoms with Crippen LogP contribution in [0.15, 0.2) is 29.9 Å². The van der Waals surface area contributed by atoms with Crippen molar-refractivity contribution >= 4 is 11.3 Å². The molecule has 86 valence electrons. The minimum absolute atomic E-state index is 0.169. The lowest BCUT2D eigenvalue weighted by molar-refractivity contribution is 0.615. The van der Waals surface area contributed by atoms with E-state index in [4.69, 9.17) is 5.73 Å². The summed E-state index contributed by atoms with van der Waals surface area (Å²) < 4.78 is 2.20. The molecule has 0 saturated heterocycles. The molecule has 0 aliphatic rings. The molecule has 0 bridgehead atoms. The maximum atomic E-state index is 5.79. The van der Waals surface area contributed by atoms with E-state index >= 15 is 0 Å². The first-order chi connectivity index (χ1) is 7.75. The first-order valence-corrected chi connectivity index (χ1v) is 6.41. The molecule has 1 unspecified atom stereocenters. The number of thiophene rings is 1. The molecule has 16 heavy (non-hydrogen) atoms. The second kappa shape index (κ2) is 5.27. The molecule has 2 aromatic heterocycles. The van der Waals surface area contributed by atoms with Crippen molar-refractivity contribution in [2.45, 2.75) is 32.4 Å². The van der Waals surface area contributed by atoms with Crippen LogP contribution in [0.3, 0.4) is 0 Å². The zero-order chi connectivity index (χ0) is 11.4. The molecule has 4 heteroatoms. The molecule has 1 atom stereocenters. The van der Waals surface area contributed by atoms with Gasteiger partial charge in [-0.25, -0.2) is 4.98 Å². The Morgan fingerprint density at radius 3 is 3.12 bits per heavy atom. The molecule has 0 fully saturated rings. The molecule has 3 nitrogen and oxygen atoms in total. The Labute approximate surface area is 99.9 Å². The van der Waals surface area contributed by atoms with Crippen molar-refractivity contribution in [2.24, 2.45) is 5.73 Å². The number of hydrogen-bond donors (Lipinski definition) is 1. The van der Waals surface area contributed by atoms with Gasteiger partial charge in [-0.3, -0.25) is 0 Å². The monoisotopic (exact) mass is 235 g/mol. The molecule has 2 N–H and O–H groups in total. The van der Waals surface area contributed by atoms with E-state index in [2.05, 4.69) is 27.1 Å². The van der Waals surface area contributed by atoms with Crippen LogP contribution in [0.25, 0.3) is 0 Å². The number of imidazole rings is 1. The topological polar surface area (TPSA) is 43.8 Å². The van der Waals surface area contributed by atoms with E-state index in [9.17, 15) is 0 Å². The molecule has 0 saturated carbocycles. The number of aryl methyl sites for hydroxylation is 2. The van der Waals surface area contributed by atoms with Gasteiger partial charge in [-0.05, 0) is 24.8 Å². The predicted octanol–water partition coefficient (Wildman–Crippen LogP) is 2.08. The highest BCUT2D eigenvalue weighted by atomic mass is 32.1. The predicted molar refractivity (Wildman–Crippen MR) is 67.6 cm³/mol. The summed E-state index contributed by atoms with van der Waals surface area (Å²) in [6.45, 7) is 3.00. The van der Waals surface area contributed by atoms with Gasteiger partial charge in [-0.1, -0.05) is 6.07 Å². The summed E-state index contributed by atoms with van der Waals surface area (Å²) in [4.78, 5) is 5.76. The van der Waals surface area contributed by atoms with Crippen molar-refractivity contribution in [3.8, 4) is 0 Å². The van der Waals surface area contributed by atoms with Crippen LogP contribution in [-0.4, -0.2) is 15.6 Å². The maximum Gasteiger partial charge on any atom is 0.110 e. The van der Waals surface area contributed by atoms with Crippen molar-refractivity contribution in [1.29, 1.82) is 0 Å². The third kappa shape index (κ3) is 2.93. The Balaban J connectivity index is 1.96. The van der Waals surface area contributed by atoms with Gasteiger partial charge in [-0.15, -0.1) is 11.3 Å². The van der Waals surface area contributed by atoms with E-state index in [1.54, 1.807) is 11.3 Å². The van der Waals surface area contributed by atoms with Crippen molar-refractivity contribution < 1.29 is 0 Å². The van der Waals surface area contributed by atoms with E-state index < -0.39 is 0 Å². The highest BCUT2D eigenvalue weighted by molar-refractivity contribution is 7.09. The minimum atomic E-state index is 0.169. The van der Waals surface area contributed by atoms with Crippen LogP contribution in [-0.2, 0) is 19.4 Å². The Kier molecular flexibility index (Phi) is 3.74. The number of aromatic nitrogens is 2. The molecular formula is C12H17N3S. The Bertz CT molecular complexity index is 417. The smallest absolute Gasteiger partial charge is 0.110 e. The average Bonchev–Trinajstić information content (AvgIpc) is 2.84. The zero-order valence-corrected chi connectivity index (χ0v) is 10.3. The van der Waals surface area contributed by atoms with Gasteiger partial charge in [0, 0.05) is 36.3 Å². The second-order valence-electron chi connectivity index (χ2n) is 4.05. The van der Waals surface area contributed by atoms with Gasteiger partial charge in [0.2, 0.25) is 0 Å². The molecule has 0 aromatic carbocycles. The third-order valence-corrected chi connectivity index (χ3v) is 3.42. The van der Waals surface area contributed by atoms with Crippen LogP contribution in [0, 0.1) is 0 Å². The van der Waals surface area contributed by atoms with Gasteiger partial charge >= 0.3 is 0 Å². The standard InChI is InChI=1S/C12H17N3S/c1-10(13)9-12-14-5-7-15(12)6-4-11-3-2-8-16-11/h2-3,5,7-8,10H,4,6,9,13H2,1H3. The van der Waals surface area contributed by atoms with Gasteiger partial charge in [0.1, 0.15) is 5.82 Å². The van der Waals surface area contributed by atoms with Gasteiger partial charge in [0.05, 0.1) is 0 Å². The normalized spacial score (nSPS) is 12.9. The summed E-state index contributed by atoms with van der Waals surface area (Å²) in [6, 6.07) is 4.44. The van der Waals surface area contributed by atoms with Gasteiger partial charge in [0.15, 0.2) is 0 Å². The fourth-order valence-corrected chi connectivity index (χ4v) is 2.41. The molecule has 2 heterocycles. The number of hydrogen-bond acceptors (Lipinski definition) is 3. The summed E-state index contributed by atoms with van der Waals surface area (Å²) in [5, 5.41) is 2.12. The summed E-state index contributed by atoms with van der Waals surface area (Å²) in [5.74, 6) is 1.09. The van der Waals surface area contributed by atoms with Crippen LogP contribution in [0.2, 0.25) is 0 Å². The van der Waals surface area contributed by atoms with Crippen molar-refractivity contribution in [3.63, 3.8) is 0 Å². The fraction of sp³-hybridized carbons (Fsp3) is 0.417. The first kappa shape index (κ1) is 11.4. The van der Waals surface area contributed by atoms with Crippen LogP contribution < -0.4 is 5.73 Å². The summed E-state index contributed by atoms with van der Waals surface area (Å²) in [5.41, 5.74) is 5.79. The quantitative estimate of drug-likeness (QED) is 0.862. The Morgan fingerprint density at radius 2 is 2.44 bits per heavy atom. The minimum Gasteiger partial charge on any atom is -0.335 e. The zero-order valence-electron chi connectivity index (χ0n) is 9.47. The SMILES string of the molecule is CC(N)Cc1nccn1CCc1cccs1. The lowest BCUT2D eigenvalue weighted by Gasteiger charge is -2.08. The van der Waals surface area contributed by atoms with Crippen LogP contribution in [0.5, 0.6) is 0 Å². The molecule has 0 aliphatic heterocycles. The number of nitrogens with two attached hydrogens (primary N) is 1. The average molecular weight is 235 g/mol. The molecular weight excluding hydrogens is 218 g/mol. The van der Waals surface area contributed by atoms with Crippen LogP contribution >= 0.6 is 11.3 Å². The fourth-order valence-electron chi connectivity index (χ4n) is 1.71. The molecule has 0 amide bonds. The molecule has 0 aliphatic carbocycles. The Morgan fingerprint density at radius 1 is 1.56 bits per heavy atom. The second-order valence-corrected chi connectivity index (χ2v) is 5.08. The maximum absolute atomic E-state index is 5.79. The number of nitrogens with zero attached hydrogens (tertiary/aromatic N) is 2. The lowest BCUT2D eigenvalue weighted by Crippen LogP contribution is -2.20. The van der Waals surface area contributed by atoms with E-state index in [-0.39, 0.29) is 6.04 Å². The first-order valence-electron chi connectivity index (χ1n) is 5.53. The van der Waals surface area contributed by atoms with Crippen molar-refractivity contribution in [2.75, 3.05) is 0 Å². The van der Waals surface area contributed by atoms with E-state index in [1.807, 2.05) is 19.3 Å². The molecule has 2 rings (SSSR count). The third-order valence-electron chi connectivity index (χ3n) is 2.49. The summed E-state index contributed by atoms with van der Waals surface area (Å²) in [6.07, 6.45) is 5.80. The summed E-state index contributed by atoms with van der Waals surface area (Å²) in [7, 11) is 0. The molecule has 2 aromatic rings. The highest BCUT2D eigenvalue weighted by Gasteiger charge is 2.05.